The lowest BCUT2D eigenvalue weighted by Gasteiger charge is -2.25. The largest absolute Gasteiger partial charge is 0.346 e. The number of amides is 2. The van der Waals surface area contributed by atoms with Crippen molar-refractivity contribution in [2.24, 2.45) is 0 Å². The van der Waals surface area contributed by atoms with Crippen molar-refractivity contribution < 1.29 is 19.7 Å². The monoisotopic (exact) mass is 330 g/mol. The van der Waals surface area contributed by atoms with Gasteiger partial charge in [0, 0.05) is 31.8 Å². The van der Waals surface area contributed by atoms with Gasteiger partial charge in [0.25, 0.3) is 5.91 Å². The van der Waals surface area contributed by atoms with Gasteiger partial charge in [-0.15, -0.1) is 0 Å². The highest BCUT2D eigenvalue weighted by Gasteiger charge is 2.39. The minimum absolute atomic E-state index is 0.0581. The van der Waals surface area contributed by atoms with Crippen molar-refractivity contribution in [2.45, 2.75) is 44.3 Å². The lowest BCUT2D eigenvalue weighted by molar-refractivity contribution is -0.663. The van der Waals surface area contributed by atoms with Gasteiger partial charge < -0.3 is 15.5 Å². The minimum Gasteiger partial charge on any atom is -0.346 e. The summed E-state index contributed by atoms with van der Waals surface area (Å²) in [6, 6.07) is 9.00. The number of hydrogen-bond donors (Lipinski definition) is 2. The molecule has 1 aromatic rings. The van der Waals surface area contributed by atoms with Gasteiger partial charge >= 0.3 is 0 Å². The third kappa shape index (κ3) is 3.82. The van der Waals surface area contributed by atoms with Crippen molar-refractivity contribution in [1.82, 2.24) is 10.2 Å². The van der Waals surface area contributed by atoms with E-state index >= 15 is 0 Å². The van der Waals surface area contributed by atoms with E-state index in [4.69, 9.17) is 0 Å². The zero-order valence-corrected chi connectivity index (χ0v) is 13.7. The average Bonchev–Trinajstić information content (AvgIpc) is 2.97. The number of piperidine rings is 1. The smallest absolute Gasteiger partial charge is 0.289 e. The molecule has 2 saturated heterocycles. The summed E-state index contributed by atoms with van der Waals surface area (Å²) < 4.78 is 0. The van der Waals surface area contributed by atoms with Crippen LogP contribution in [0.3, 0.4) is 0 Å². The fourth-order valence-electron chi connectivity index (χ4n) is 3.46. The molecule has 0 bridgehead atoms. The number of likely N-dealkylation sites (tertiary alicyclic amines) is 1. The van der Waals surface area contributed by atoms with Crippen LogP contribution in [0.15, 0.2) is 30.3 Å². The molecule has 0 aliphatic carbocycles. The number of benzene rings is 1. The second kappa shape index (κ2) is 7.57. The summed E-state index contributed by atoms with van der Waals surface area (Å²) in [6.07, 6.45) is 2.53. The normalized spacial score (nSPS) is 21.8. The molecule has 2 amide bonds. The highest BCUT2D eigenvalue weighted by Crippen LogP contribution is 2.22. The molecule has 2 aliphatic rings. The van der Waals surface area contributed by atoms with Crippen molar-refractivity contribution in [3.8, 4) is 0 Å². The summed E-state index contributed by atoms with van der Waals surface area (Å²) in [4.78, 5) is 38.5. The van der Waals surface area contributed by atoms with Crippen LogP contribution in [0, 0.1) is 0 Å². The summed E-state index contributed by atoms with van der Waals surface area (Å²) in [7, 11) is 0. The van der Waals surface area contributed by atoms with Gasteiger partial charge in [-0.25, -0.2) is 0 Å². The third-order valence-electron chi connectivity index (χ3n) is 4.82. The van der Waals surface area contributed by atoms with E-state index in [0.717, 1.165) is 31.5 Å². The van der Waals surface area contributed by atoms with Crippen LogP contribution in [0.25, 0.3) is 0 Å². The number of quaternary nitrogens is 1. The molecule has 2 fully saturated rings. The average molecular weight is 330 g/mol. The fourth-order valence-corrected chi connectivity index (χ4v) is 3.46. The summed E-state index contributed by atoms with van der Waals surface area (Å²) in [5, 5.41) is 5.06. The number of hydrogen-bond acceptors (Lipinski definition) is 3. The second-order valence-corrected chi connectivity index (χ2v) is 6.54. The number of nitrogens with one attached hydrogen (secondary N) is 1. The van der Waals surface area contributed by atoms with Crippen LogP contribution in [0.4, 0.5) is 0 Å². The van der Waals surface area contributed by atoms with E-state index in [0.29, 0.717) is 19.4 Å². The molecule has 0 spiro atoms. The number of carbonyl (C=O) groups is 3. The first-order valence-electron chi connectivity index (χ1n) is 8.65. The van der Waals surface area contributed by atoms with Crippen LogP contribution in [0.1, 0.15) is 31.2 Å². The van der Waals surface area contributed by atoms with Crippen LogP contribution >= 0.6 is 0 Å². The number of carbonyl (C=O) groups excluding carboxylic acids is 3. The Balaban J connectivity index is 1.63. The van der Waals surface area contributed by atoms with Crippen LogP contribution in [0.2, 0.25) is 0 Å². The van der Waals surface area contributed by atoms with Crippen molar-refractivity contribution in [3.63, 3.8) is 0 Å². The molecular weight excluding hydrogens is 306 g/mol. The predicted molar refractivity (Wildman–Crippen MR) is 87.8 cm³/mol. The zero-order chi connectivity index (χ0) is 16.9. The van der Waals surface area contributed by atoms with Gasteiger partial charge in [0.05, 0.1) is 13.1 Å². The molecule has 0 saturated carbocycles. The maximum Gasteiger partial charge on any atom is 0.289 e. The first kappa shape index (κ1) is 16.6. The lowest BCUT2D eigenvalue weighted by Crippen LogP contribution is -2.87. The van der Waals surface area contributed by atoms with Crippen LogP contribution in [-0.4, -0.2) is 47.7 Å². The Bertz CT molecular complexity index is 611. The molecule has 1 aromatic carbocycles. The summed E-state index contributed by atoms with van der Waals surface area (Å²) in [5.74, 6) is -1.08. The Morgan fingerprint density at radius 3 is 2.54 bits per heavy atom. The van der Waals surface area contributed by atoms with Crippen molar-refractivity contribution in [2.75, 3.05) is 13.1 Å². The Labute approximate surface area is 141 Å². The van der Waals surface area contributed by atoms with E-state index in [1.807, 2.05) is 30.3 Å². The van der Waals surface area contributed by atoms with Gasteiger partial charge in [0.1, 0.15) is 6.04 Å². The van der Waals surface area contributed by atoms with Gasteiger partial charge in [-0.2, -0.15) is 0 Å². The Hall–Kier alpha value is -2.21. The number of nitrogens with zero attached hydrogens (tertiary/aromatic N) is 1. The van der Waals surface area contributed by atoms with Crippen molar-refractivity contribution in [1.29, 1.82) is 0 Å². The number of ketones is 1. The number of rotatable bonds is 5. The highest BCUT2D eigenvalue weighted by molar-refractivity contribution is 6.38. The number of nitrogens with two attached hydrogens (primary N) is 1. The van der Waals surface area contributed by atoms with Gasteiger partial charge in [-0.3, -0.25) is 14.4 Å². The minimum atomic E-state index is -0.632. The quantitative estimate of drug-likeness (QED) is 0.720. The lowest BCUT2D eigenvalue weighted by atomic mass is 10.0. The molecule has 128 valence electrons. The summed E-state index contributed by atoms with van der Waals surface area (Å²) in [6.45, 7) is 2.32. The molecule has 0 unspecified atom stereocenters. The Kier molecular flexibility index (Phi) is 5.25. The Morgan fingerprint density at radius 1 is 1.12 bits per heavy atom. The van der Waals surface area contributed by atoms with Gasteiger partial charge in [-0.05, 0) is 12.0 Å². The molecular formula is C18H24N3O3+. The van der Waals surface area contributed by atoms with E-state index in [1.54, 1.807) is 4.90 Å². The Morgan fingerprint density at radius 2 is 1.83 bits per heavy atom. The van der Waals surface area contributed by atoms with E-state index in [1.165, 1.54) is 0 Å². The standard InChI is InChI=1S/C18H23N3O3/c22-16-7-6-15(21(16)12-13-4-2-1-3-5-13)17(23)18(24)20-14-8-10-19-11-9-14/h1-5,14-15,19H,6-12H2,(H,20,24)/p+1/t15-/m1/s1. The van der Waals surface area contributed by atoms with Gasteiger partial charge in [-0.1, -0.05) is 30.3 Å². The van der Waals surface area contributed by atoms with Gasteiger partial charge in [0.15, 0.2) is 0 Å². The molecule has 2 aliphatic heterocycles. The first-order valence-corrected chi connectivity index (χ1v) is 8.65. The topological polar surface area (TPSA) is 83.1 Å². The van der Waals surface area contributed by atoms with E-state index in [9.17, 15) is 14.4 Å². The molecule has 6 nitrogen and oxygen atoms in total. The predicted octanol–water partition coefficient (Wildman–Crippen LogP) is -0.411. The third-order valence-corrected chi connectivity index (χ3v) is 4.82. The van der Waals surface area contributed by atoms with E-state index < -0.39 is 17.7 Å². The van der Waals surface area contributed by atoms with Crippen LogP contribution in [0.5, 0.6) is 0 Å². The maximum absolute atomic E-state index is 12.6. The van der Waals surface area contributed by atoms with E-state index in [-0.39, 0.29) is 11.9 Å². The molecule has 0 radical (unpaired) electrons. The molecule has 3 N–H and O–H groups in total. The second-order valence-electron chi connectivity index (χ2n) is 6.54. The molecule has 3 rings (SSSR count). The highest BCUT2D eigenvalue weighted by atomic mass is 16.2. The summed E-state index contributed by atoms with van der Waals surface area (Å²) >= 11 is 0. The molecule has 6 heteroatoms. The summed E-state index contributed by atoms with van der Waals surface area (Å²) in [5.41, 5.74) is 0.966. The SMILES string of the molecule is O=C(NC1CC[NH2+]CC1)C(=O)[C@H]1CCC(=O)N1Cc1ccccc1. The van der Waals surface area contributed by atoms with Crippen LogP contribution in [-0.2, 0) is 20.9 Å². The maximum atomic E-state index is 12.6. The van der Waals surface area contributed by atoms with E-state index in [2.05, 4.69) is 10.6 Å². The molecule has 1 atom stereocenters. The molecule has 2 heterocycles. The van der Waals surface area contributed by atoms with Gasteiger partial charge in [0.2, 0.25) is 11.7 Å². The number of Topliss-reactive ketones (excluding diaryl/α,β-unsaturated/α-hetero) is 1. The first-order chi connectivity index (χ1) is 11.6. The fraction of sp³-hybridized carbons (Fsp3) is 0.500. The molecule has 0 aromatic heterocycles. The van der Waals surface area contributed by atoms with Crippen molar-refractivity contribution >= 4 is 17.6 Å². The molecule has 24 heavy (non-hydrogen) atoms. The van der Waals surface area contributed by atoms with Crippen molar-refractivity contribution in [3.05, 3.63) is 35.9 Å². The van der Waals surface area contributed by atoms with Crippen LogP contribution < -0.4 is 10.6 Å². The zero-order valence-electron chi connectivity index (χ0n) is 13.7.